The maximum absolute atomic E-state index is 5.79. The first-order valence-electron chi connectivity index (χ1n) is 5.96. The number of anilines is 1. The zero-order chi connectivity index (χ0) is 13.4. The lowest BCUT2D eigenvalue weighted by Gasteiger charge is -2.22. The molecule has 0 radical (unpaired) electrons. The van der Waals surface area contributed by atoms with Crippen molar-refractivity contribution >= 4 is 17.4 Å². The van der Waals surface area contributed by atoms with Gasteiger partial charge in [0.05, 0.1) is 25.1 Å². The Morgan fingerprint density at radius 2 is 2.11 bits per heavy atom. The fourth-order valence-corrected chi connectivity index (χ4v) is 1.64. The number of nitrogens with zero attached hydrogens (tertiary/aromatic N) is 3. The summed E-state index contributed by atoms with van der Waals surface area (Å²) in [5.74, 6) is 1.81. The minimum Gasteiger partial charge on any atom is -0.474 e. The summed E-state index contributed by atoms with van der Waals surface area (Å²) >= 11 is 5.79. The first-order valence-corrected chi connectivity index (χ1v) is 6.49. The quantitative estimate of drug-likeness (QED) is 0.678. The van der Waals surface area contributed by atoms with E-state index in [1.807, 2.05) is 18.7 Å². The molecule has 0 aliphatic carbocycles. The van der Waals surface area contributed by atoms with Crippen LogP contribution in [0.1, 0.15) is 13.8 Å². The van der Waals surface area contributed by atoms with E-state index >= 15 is 0 Å². The van der Waals surface area contributed by atoms with Gasteiger partial charge in [0, 0.05) is 26.1 Å². The summed E-state index contributed by atoms with van der Waals surface area (Å²) < 4.78 is 10.6. The molecular weight excluding hydrogens is 254 g/mol. The standard InChI is InChI=1S/C12H20ClN3O2/c1-10(2)18-12-9-14-8-11(15-12)16(5-4-13)6-7-17-3/h8-10H,4-7H2,1-3H3. The van der Waals surface area contributed by atoms with Crippen molar-refractivity contribution in [1.82, 2.24) is 9.97 Å². The number of alkyl halides is 1. The maximum atomic E-state index is 5.79. The average Bonchev–Trinajstić information content (AvgIpc) is 2.34. The smallest absolute Gasteiger partial charge is 0.234 e. The van der Waals surface area contributed by atoms with Gasteiger partial charge in [0.25, 0.3) is 0 Å². The maximum Gasteiger partial charge on any atom is 0.234 e. The van der Waals surface area contributed by atoms with E-state index in [2.05, 4.69) is 9.97 Å². The van der Waals surface area contributed by atoms with Crippen LogP contribution in [0.4, 0.5) is 5.82 Å². The molecule has 1 aromatic rings. The number of rotatable bonds is 8. The Labute approximate surface area is 113 Å². The third kappa shape index (κ3) is 5.06. The van der Waals surface area contributed by atoms with Gasteiger partial charge >= 0.3 is 0 Å². The highest BCUT2D eigenvalue weighted by molar-refractivity contribution is 6.18. The lowest BCUT2D eigenvalue weighted by Crippen LogP contribution is -2.30. The fraction of sp³-hybridized carbons (Fsp3) is 0.667. The highest BCUT2D eigenvalue weighted by Crippen LogP contribution is 2.14. The molecule has 0 aliphatic rings. The van der Waals surface area contributed by atoms with E-state index in [4.69, 9.17) is 21.1 Å². The summed E-state index contributed by atoms with van der Waals surface area (Å²) in [5, 5.41) is 0. The molecule has 6 heteroatoms. The number of hydrogen-bond donors (Lipinski definition) is 0. The Hall–Kier alpha value is -1.07. The van der Waals surface area contributed by atoms with Crippen LogP contribution in [-0.2, 0) is 4.74 Å². The van der Waals surface area contributed by atoms with E-state index in [-0.39, 0.29) is 6.10 Å². The van der Waals surface area contributed by atoms with Crippen molar-refractivity contribution in [3.8, 4) is 5.88 Å². The number of aromatic nitrogens is 2. The van der Waals surface area contributed by atoms with E-state index in [9.17, 15) is 0 Å². The normalized spacial score (nSPS) is 10.7. The largest absolute Gasteiger partial charge is 0.474 e. The van der Waals surface area contributed by atoms with Crippen LogP contribution in [0, 0.1) is 0 Å². The van der Waals surface area contributed by atoms with Gasteiger partial charge in [0.2, 0.25) is 5.88 Å². The molecule has 0 amide bonds. The van der Waals surface area contributed by atoms with Crippen LogP contribution in [-0.4, -0.2) is 48.8 Å². The molecule has 1 heterocycles. The van der Waals surface area contributed by atoms with Crippen molar-refractivity contribution < 1.29 is 9.47 Å². The summed E-state index contributed by atoms with van der Waals surface area (Å²) in [7, 11) is 1.67. The fourth-order valence-electron chi connectivity index (χ4n) is 1.43. The second-order valence-electron chi connectivity index (χ2n) is 4.05. The average molecular weight is 274 g/mol. The molecule has 0 aliphatic heterocycles. The summed E-state index contributed by atoms with van der Waals surface area (Å²) in [5.41, 5.74) is 0. The van der Waals surface area contributed by atoms with E-state index < -0.39 is 0 Å². The number of halogens is 1. The van der Waals surface area contributed by atoms with Gasteiger partial charge in [0.1, 0.15) is 0 Å². The van der Waals surface area contributed by atoms with E-state index in [1.165, 1.54) is 0 Å². The zero-order valence-corrected chi connectivity index (χ0v) is 11.9. The Morgan fingerprint density at radius 1 is 1.33 bits per heavy atom. The Kier molecular flexibility index (Phi) is 6.75. The van der Waals surface area contributed by atoms with Crippen LogP contribution in [0.2, 0.25) is 0 Å². The molecule has 0 aromatic carbocycles. The molecule has 1 rings (SSSR count). The van der Waals surface area contributed by atoms with Gasteiger partial charge in [-0.3, -0.25) is 4.98 Å². The van der Waals surface area contributed by atoms with Crippen LogP contribution < -0.4 is 9.64 Å². The molecule has 0 spiro atoms. The van der Waals surface area contributed by atoms with Crippen molar-refractivity contribution in [3.05, 3.63) is 12.4 Å². The van der Waals surface area contributed by atoms with Crippen molar-refractivity contribution in [2.75, 3.05) is 37.6 Å². The Bertz CT molecular complexity index is 350. The molecule has 0 atom stereocenters. The molecular formula is C12H20ClN3O2. The lowest BCUT2D eigenvalue weighted by atomic mass is 10.4. The topological polar surface area (TPSA) is 47.5 Å². The molecule has 0 fully saturated rings. The number of methoxy groups -OCH3 is 1. The van der Waals surface area contributed by atoms with Crippen LogP contribution in [0.15, 0.2) is 12.4 Å². The summed E-state index contributed by atoms with van der Waals surface area (Å²) in [6.45, 7) is 5.95. The predicted octanol–water partition coefficient (Wildman–Crippen LogP) is 1.96. The molecule has 0 unspecified atom stereocenters. The van der Waals surface area contributed by atoms with Crippen molar-refractivity contribution in [2.24, 2.45) is 0 Å². The Balaban J connectivity index is 2.76. The molecule has 0 saturated heterocycles. The summed E-state index contributed by atoms with van der Waals surface area (Å²) in [4.78, 5) is 10.6. The third-order valence-electron chi connectivity index (χ3n) is 2.20. The molecule has 0 bridgehead atoms. The van der Waals surface area contributed by atoms with Crippen LogP contribution in [0.3, 0.4) is 0 Å². The number of hydrogen-bond acceptors (Lipinski definition) is 5. The second-order valence-corrected chi connectivity index (χ2v) is 4.43. The highest BCUT2D eigenvalue weighted by atomic mass is 35.5. The zero-order valence-electron chi connectivity index (χ0n) is 11.1. The highest BCUT2D eigenvalue weighted by Gasteiger charge is 2.09. The van der Waals surface area contributed by atoms with Gasteiger partial charge < -0.3 is 14.4 Å². The van der Waals surface area contributed by atoms with Gasteiger partial charge in [-0.05, 0) is 13.8 Å². The van der Waals surface area contributed by atoms with Crippen molar-refractivity contribution in [1.29, 1.82) is 0 Å². The molecule has 5 nitrogen and oxygen atoms in total. The van der Waals surface area contributed by atoms with Crippen molar-refractivity contribution in [3.63, 3.8) is 0 Å². The minimum absolute atomic E-state index is 0.0787. The summed E-state index contributed by atoms with van der Waals surface area (Å²) in [6, 6.07) is 0. The van der Waals surface area contributed by atoms with Gasteiger partial charge in [-0.2, -0.15) is 4.98 Å². The van der Waals surface area contributed by atoms with E-state index in [1.54, 1.807) is 19.5 Å². The predicted molar refractivity (Wildman–Crippen MR) is 72.6 cm³/mol. The van der Waals surface area contributed by atoms with Crippen molar-refractivity contribution in [2.45, 2.75) is 20.0 Å². The molecule has 0 saturated carbocycles. The van der Waals surface area contributed by atoms with Crippen LogP contribution in [0.5, 0.6) is 5.88 Å². The third-order valence-corrected chi connectivity index (χ3v) is 2.37. The second kappa shape index (κ2) is 8.11. The van der Waals surface area contributed by atoms with Crippen LogP contribution in [0.25, 0.3) is 0 Å². The van der Waals surface area contributed by atoms with Gasteiger partial charge in [0.15, 0.2) is 5.82 Å². The first kappa shape index (κ1) is 15.0. The molecule has 102 valence electrons. The Morgan fingerprint density at radius 3 is 2.72 bits per heavy atom. The van der Waals surface area contributed by atoms with Gasteiger partial charge in [-0.1, -0.05) is 0 Å². The molecule has 18 heavy (non-hydrogen) atoms. The van der Waals surface area contributed by atoms with Crippen LogP contribution >= 0.6 is 11.6 Å². The van der Waals surface area contributed by atoms with Gasteiger partial charge in [-0.25, -0.2) is 0 Å². The van der Waals surface area contributed by atoms with E-state index in [0.29, 0.717) is 24.9 Å². The van der Waals surface area contributed by atoms with E-state index in [0.717, 1.165) is 12.4 Å². The minimum atomic E-state index is 0.0787. The SMILES string of the molecule is COCCN(CCCl)c1cncc(OC(C)C)n1. The number of ether oxygens (including phenoxy) is 2. The monoisotopic (exact) mass is 273 g/mol. The lowest BCUT2D eigenvalue weighted by molar-refractivity contribution is 0.205. The molecule has 1 aromatic heterocycles. The summed E-state index contributed by atoms with van der Waals surface area (Å²) in [6.07, 6.45) is 3.39. The van der Waals surface area contributed by atoms with Gasteiger partial charge in [-0.15, -0.1) is 11.6 Å². The molecule has 0 N–H and O–H groups in total. The first-order chi connectivity index (χ1) is 8.67.